The summed E-state index contributed by atoms with van der Waals surface area (Å²) in [7, 11) is 0. The molecule has 0 radical (unpaired) electrons. The van der Waals surface area contributed by atoms with Gasteiger partial charge in [0, 0.05) is 29.0 Å². The zero-order valence-electron chi connectivity index (χ0n) is 15.3. The SMILES string of the molecule is CC(=O)Nc1cccc(NC(=O)c2cnc(Nc3cccc(Cl)c3C)cn2)c1. The summed E-state index contributed by atoms with van der Waals surface area (Å²) in [6.07, 6.45) is 2.86. The summed E-state index contributed by atoms with van der Waals surface area (Å²) in [5, 5.41) is 9.16. The summed E-state index contributed by atoms with van der Waals surface area (Å²) >= 11 is 6.11. The molecule has 0 bridgehead atoms. The number of carbonyl (C=O) groups is 2. The van der Waals surface area contributed by atoms with Crippen LogP contribution in [0.2, 0.25) is 5.02 Å². The Hall–Kier alpha value is -3.45. The van der Waals surface area contributed by atoms with Crippen LogP contribution in [0.15, 0.2) is 54.9 Å². The maximum atomic E-state index is 12.4. The maximum Gasteiger partial charge on any atom is 0.275 e. The molecule has 3 N–H and O–H groups in total. The van der Waals surface area contributed by atoms with Crippen LogP contribution in [0, 0.1) is 6.92 Å². The lowest BCUT2D eigenvalue weighted by atomic mass is 10.2. The molecular weight excluding hydrogens is 378 g/mol. The molecule has 0 aliphatic heterocycles. The Morgan fingerprint density at radius 3 is 2.36 bits per heavy atom. The van der Waals surface area contributed by atoms with E-state index in [9.17, 15) is 9.59 Å². The minimum Gasteiger partial charge on any atom is -0.339 e. The first-order valence-corrected chi connectivity index (χ1v) is 8.83. The van der Waals surface area contributed by atoms with E-state index in [4.69, 9.17) is 11.6 Å². The highest BCUT2D eigenvalue weighted by Crippen LogP contribution is 2.25. The van der Waals surface area contributed by atoms with E-state index in [-0.39, 0.29) is 11.6 Å². The second-order valence-electron chi connectivity index (χ2n) is 6.04. The van der Waals surface area contributed by atoms with Crippen LogP contribution >= 0.6 is 11.6 Å². The first-order chi connectivity index (χ1) is 13.4. The van der Waals surface area contributed by atoms with Crippen molar-refractivity contribution in [2.75, 3.05) is 16.0 Å². The molecule has 2 aromatic carbocycles. The first kappa shape index (κ1) is 19.3. The van der Waals surface area contributed by atoms with E-state index in [0.717, 1.165) is 11.3 Å². The minimum atomic E-state index is -0.405. The Balaban J connectivity index is 1.68. The normalized spacial score (nSPS) is 10.2. The van der Waals surface area contributed by atoms with Crippen LogP contribution in [0.3, 0.4) is 0 Å². The average molecular weight is 396 g/mol. The predicted octanol–water partition coefficient (Wildman–Crippen LogP) is 4.39. The zero-order valence-corrected chi connectivity index (χ0v) is 16.0. The molecular formula is C20H18ClN5O2. The largest absolute Gasteiger partial charge is 0.339 e. The molecule has 0 saturated carbocycles. The Kier molecular flexibility index (Phi) is 5.86. The molecule has 2 amide bonds. The number of carbonyl (C=O) groups excluding carboxylic acids is 2. The van der Waals surface area contributed by atoms with Crippen LogP contribution in [0.25, 0.3) is 0 Å². The molecule has 142 valence electrons. The van der Waals surface area contributed by atoms with Crippen molar-refractivity contribution in [3.8, 4) is 0 Å². The molecule has 0 unspecified atom stereocenters. The molecule has 0 aliphatic carbocycles. The van der Waals surface area contributed by atoms with Crippen LogP contribution in [0.5, 0.6) is 0 Å². The number of rotatable bonds is 5. The van der Waals surface area contributed by atoms with Crippen LogP contribution < -0.4 is 16.0 Å². The third kappa shape index (κ3) is 4.83. The van der Waals surface area contributed by atoms with Gasteiger partial charge in [-0.1, -0.05) is 23.7 Å². The van der Waals surface area contributed by atoms with Crippen LogP contribution in [0.1, 0.15) is 23.0 Å². The Morgan fingerprint density at radius 1 is 0.964 bits per heavy atom. The van der Waals surface area contributed by atoms with Gasteiger partial charge >= 0.3 is 0 Å². The summed E-state index contributed by atoms with van der Waals surface area (Å²) in [6.45, 7) is 3.32. The van der Waals surface area contributed by atoms with Gasteiger partial charge in [0.1, 0.15) is 11.5 Å². The number of nitrogens with zero attached hydrogens (tertiary/aromatic N) is 2. The molecule has 3 rings (SSSR count). The smallest absolute Gasteiger partial charge is 0.275 e. The fraction of sp³-hybridized carbons (Fsp3) is 0.100. The fourth-order valence-corrected chi connectivity index (χ4v) is 2.64. The van der Waals surface area contributed by atoms with Crippen molar-refractivity contribution in [3.05, 3.63) is 71.1 Å². The molecule has 8 heteroatoms. The molecule has 0 saturated heterocycles. The lowest BCUT2D eigenvalue weighted by Crippen LogP contribution is -2.14. The number of benzene rings is 2. The summed E-state index contributed by atoms with van der Waals surface area (Å²) < 4.78 is 0. The molecule has 1 heterocycles. The van der Waals surface area contributed by atoms with Gasteiger partial charge in [0.15, 0.2) is 0 Å². The second-order valence-corrected chi connectivity index (χ2v) is 6.45. The minimum absolute atomic E-state index is 0.165. The topological polar surface area (TPSA) is 96.0 Å². The van der Waals surface area contributed by atoms with Crippen molar-refractivity contribution in [3.63, 3.8) is 0 Å². The molecule has 0 aliphatic rings. The molecule has 0 spiro atoms. The molecule has 1 aromatic heterocycles. The molecule has 3 aromatic rings. The lowest BCUT2D eigenvalue weighted by Gasteiger charge is -2.10. The number of amides is 2. The molecule has 0 fully saturated rings. The molecule has 7 nitrogen and oxygen atoms in total. The van der Waals surface area contributed by atoms with Gasteiger partial charge in [0.25, 0.3) is 5.91 Å². The second kappa shape index (κ2) is 8.49. The molecule has 0 atom stereocenters. The Labute approximate surface area is 167 Å². The van der Waals surface area contributed by atoms with Crippen molar-refractivity contribution in [2.45, 2.75) is 13.8 Å². The van der Waals surface area contributed by atoms with Gasteiger partial charge in [-0.15, -0.1) is 0 Å². The Bertz CT molecular complexity index is 1020. The van der Waals surface area contributed by atoms with E-state index in [1.807, 2.05) is 25.1 Å². The summed E-state index contributed by atoms with van der Waals surface area (Å²) in [6, 6.07) is 12.4. The van der Waals surface area contributed by atoms with Crippen LogP contribution in [-0.4, -0.2) is 21.8 Å². The van der Waals surface area contributed by atoms with E-state index in [2.05, 4.69) is 25.9 Å². The highest BCUT2D eigenvalue weighted by molar-refractivity contribution is 6.31. The van der Waals surface area contributed by atoms with Crippen LogP contribution in [0.4, 0.5) is 22.9 Å². The van der Waals surface area contributed by atoms with E-state index < -0.39 is 5.91 Å². The Morgan fingerprint density at radius 2 is 1.68 bits per heavy atom. The van der Waals surface area contributed by atoms with E-state index in [1.165, 1.54) is 19.3 Å². The van der Waals surface area contributed by atoms with Gasteiger partial charge < -0.3 is 16.0 Å². The summed E-state index contributed by atoms with van der Waals surface area (Å²) in [5.74, 6) is -0.0973. The monoisotopic (exact) mass is 395 g/mol. The number of halogens is 1. The van der Waals surface area contributed by atoms with Crippen LogP contribution in [-0.2, 0) is 4.79 Å². The van der Waals surface area contributed by atoms with Crippen molar-refractivity contribution in [2.24, 2.45) is 0 Å². The van der Waals surface area contributed by atoms with Gasteiger partial charge in [-0.05, 0) is 42.8 Å². The third-order valence-corrected chi connectivity index (χ3v) is 4.27. The number of anilines is 4. The van der Waals surface area contributed by atoms with E-state index in [0.29, 0.717) is 22.2 Å². The highest BCUT2D eigenvalue weighted by Gasteiger charge is 2.10. The number of aromatic nitrogens is 2. The highest BCUT2D eigenvalue weighted by atomic mass is 35.5. The van der Waals surface area contributed by atoms with Crippen molar-refractivity contribution >= 4 is 46.3 Å². The molecule has 28 heavy (non-hydrogen) atoms. The van der Waals surface area contributed by atoms with Gasteiger partial charge in [-0.25, -0.2) is 9.97 Å². The number of nitrogens with one attached hydrogen (secondary N) is 3. The predicted molar refractivity (Wildman–Crippen MR) is 110 cm³/mol. The van der Waals surface area contributed by atoms with Crippen molar-refractivity contribution in [1.82, 2.24) is 9.97 Å². The lowest BCUT2D eigenvalue weighted by molar-refractivity contribution is -0.114. The standard InChI is InChI=1S/C20H18ClN5O2/c1-12-16(21)7-4-8-17(12)26-19-11-22-18(10-23-19)20(28)25-15-6-3-5-14(9-15)24-13(2)27/h3-11H,1-2H3,(H,23,26)(H,24,27)(H,25,28). The van der Waals surface area contributed by atoms with Gasteiger partial charge in [-0.3, -0.25) is 9.59 Å². The quantitative estimate of drug-likeness (QED) is 0.595. The summed E-state index contributed by atoms with van der Waals surface area (Å²) in [4.78, 5) is 31.9. The van der Waals surface area contributed by atoms with Crippen molar-refractivity contribution < 1.29 is 9.59 Å². The van der Waals surface area contributed by atoms with E-state index >= 15 is 0 Å². The van der Waals surface area contributed by atoms with Gasteiger partial charge in [0.2, 0.25) is 5.91 Å². The number of hydrogen-bond donors (Lipinski definition) is 3. The first-order valence-electron chi connectivity index (χ1n) is 8.45. The number of hydrogen-bond acceptors (Lipinski definition) is 5. The van der Waals surface area contributed by atoms with Crippen molar-refractivity contribution in [1.29, 1.82) is 0 Å². The van der Waals surface area contributed by atoms with Gasteiger partial charge in [0.05, 0.1) is 12.4 Å². The fourth-order valence-electron chi connectivity index (χ4n) is 2.46. The average Bonchev–Trinajstić information content (AvgIpc) is 2.66. The third-order valence-electron chi connectivity index (χ3n) is 3.86. The zero-order chi connectivity index (χ0) is 20.1. The summed E-state index contributed by atoms with van der Waals surface area (Å²) in [5.41, 5.74) is 3.00. The van der Waals surface area contributed by atoms with E-state index in [1.54, 1.807) is 24.3 Å². The maximum absolute atomic E-state index is 12.4. The van der Waals surface area contributed by atoms with Gasteiger partial charge in [-0.2, -0.15) is 0 Å².